The van der Waals surface area contributed by atoms with Crippen LogP contribution in [0.3, 0.4) is 0 Å². The van der Waals surface area contributed by atoms with Crippen LogP contribution in [0.25, 0.3) is 10.2 Å². The number of thiophene rings is 1. The highest BCUT2D eigenvalue weighted by molar-refractivity contribution is 7.90. The summed E-state index contributed by atoms with van der Waals surface area (Å²) >= 11 is 0.794. The molecule has 110 valence electrons. The summed E-state index contributed by atoms with van der Waals surface area (Å²) in [7, 11) is -3.27. The molecule has 0 atom stereocenters. The van der Waals surface area contributed by atoms with Crippen LogP contribution in [0.15, 0.2) is 6.07 Å². The van der Waals surface area contributed by atoms with Crippen molar-refractivity contribution in [2.45, 2.75) is 13.0 Å². The molecule has 2 aromatic rings. The fourth-order valence-electron chi connectivity index (χ4n) is 1.66. The lowest BCUT2D eigenvalue weighted by molar-refractivity contribution is 0.0702. The molecular formula is C10H10F2N2O4S2. The van der Waals surface area contributed by atoms with Crippen LogP contribution in [0, 0.1) is 0 Å². The van der Waals surface area contributed by atoms with Crippen molar-refractivity contribution in [1.29, 1.82) is 0 Å². The minimum absolute atomic E-state index is 0.0518. The number of fused-ring (bicyclic) bond motifs is 1. The number of rotatable bonds is 5. The van der Waals surface area contributed by atoms with Crippen LogP contribution in [-0.4, -0.2) is 41.3 Å². The van der Waals surface area contributed by atoms with E-state index in [0.717, 1.165) is 28.3 Å². The summed E-state index contributed by atoms with van der Waals surface area (Å²) in [5.41, 5.74) is -0.530. The summed E-state index contributed by atoms with van der Waals surface area (Å²) in [6.45, 7) is -0.0956. The fourth-order valence-corrected chi connectivity index (χ4v) is 3.14. The molecule has 0 unspecified atom stereocenters. The Balaban J connectivity index is 2.50. The lowest BCUT2D eigenvalue weighted by Gasteiger charge is -2.00. The quantitative estimate of drug-likeness (QED) is 0.905. The van der Waals surface area contributed by atoms with Gasteiger partial charge in [-0.3, -0.25) is 4.68 Å². The Kier molecular flexibility index (Phi) is 3.78. The van der Waals surface area contributed by atoms with Crippen LogP contribution in [0.2, 0.25) is 0 Å². The van der Waals surface area contributed by atoms with Gasteiger partial charge < -0.3 is 5.11 Å². The maximum absolute atomic E-state index is 12.9. The molecule has 0 radical (unpaired) electrons. The van der Waals surface area contributed by atoms with Gasteiger partial charge in [0.2, 0.25) is 0 Å². The molecule has 6 nitrogen and oxygen atoms in total. The third-order valence-electron chi connectivity index (χ3n) is 2.54. The Labute approximate surface area is 116 Å². The van der Waals surface area contributed by atoms with Crippen molar-refractivity contribution in [3.8, 4) is 0 Å². The van der Waals surface area contributed by atoms with E-state index in [1.54, 1.807) is 0 Å². The molecule has 2 rings (SSSR count). The molecule has 20 heavy (non-hydrogen) atoms. The number of aromatic nitrogens is 2. The van der Waals surface area contributed by atoms with Crippen molar-refractivity contribution in [3.05, 3.63) is 16.6 Å². The van der Waals surface area contributed by atoms with Crippen molar-refractivity contribution in [2.75, 3.05) is 12.0 Å². The SMILES string of the molecule is CS(=O)(=O)CCn1nc(C(F)F)c2cc(C(=O)O)sc21. The lowest BCUT2D eigenvalue weighted by Crippen LogP contribution is -2.12. The number of aryl methyl sites for hydroxylation is 1. The maximum Gasteiger partial charge on any atom is 0.345 e. The predicted molar refractivity (Wildman–Crippen MR) is 69.2 cm³/mol. The van der Waals surface area contributed by atoms with Gasteiger partial charge in [-0.05, 0) is 6.07 Å². The molecule has 2 heterocycles. The van der Waals surface area contributed by atoms with Crippen molar-refractivity contribution >= 4 is 37.4 Å². The molecule has 0 aliphatic rings. The Hall–Kier alpha value is -1.55. The first-order valence-corrected chi connectivity index (χ1v) is 8.26. The maximum atomic E-state index is 12.9. The normalized spacial score (nSPS) is 12.4. The number of carboxylic acids is 1. The van der Waals surface area contributed by atoms with Gasteiger partial charge in [-0.15, -0.1) is 11.3 Å². The average molecular weight is 324 g/mol. The van der Waals surface area contributed by atoms with Gasteiger partial charge in [0.1, 0.15) is 25.2 Å². The van der Waals surface area contributed by atoms with Crippen LogP contribution < -0.4 is 0 Å². The number of alkyl halides is 2. The number of sulfone groups is 1. The highest BCUT2D eigenvalue weighted by Crippen LogP contribution is 2.33. The summed E-state index contributed by atoms with van der Waals surface area (Å²) in [6.07, 6.45) is -1.83. The Morgan fingerprint density at radius 2 is 2.20 bits per heavy atom. The minimum Gasteiger partial charge on any atom is -0.477 e. The molecule has 0 aliphatic heterocycles. The van der Waals surface area contributed by atoms with Gasteiger partial charge in [-0.25, -0.2) is 22.0 Å². The zero-order valence-corrected chi connectivity index (χ0v) is 11.8. The first-order chi connectivity index (χ1) is 9.19. The number of halogens is 2. The molecule has 0 bridgehead atoms. The monoisotopic (exact) mass is 324 g/mol. The van der Waals surface area contributed by atoms with Crippen molar-refractivity contribution in [3.63, 3.8) is 0 Å². The van der Waals surface area contributed by atoms with Crippen molar-refractivity contribution < 1.29 is 27.1 Å². The van der Waals surface area contributed by atoms with Gasteiger partial charge in [0.05, 0.1) is 12.3 Å². The highest BCUT2D eigenvalue weighted by atomic mass is 32.2. The van der Waals surface area contributed by atoms with Crippen LogP contribution in [0.4, 0.5) is 8.78 Å². The summed E-state index contributed by atoms with van der Waals surface area (Å²) in [4.78, 5) is 11.0. The van der Waals surface area contributed by atoms with Gasteiger partial charge in [-0.1, -0.05) is 0 Å². The van der Waals surface area contributed by atoms with Crippen molar-refractivity contribution in [2.24, 2.45) is 0 Å². The number of nitrogens with zero attached hydrogens (tertiary/aromatic N) is 2. The van der Waals surface area contributed by atoms with E-state index in [2.05, 4.69) is 5.10 Å². The molecule has 10 heteroatoms. The smallest absolute Gasteiger partial charge is 0.345 e. The molecule has 0 amide bonds. The van der Waals surface area contributed by atoms with Gasteiger partial charge in [0.15, 0.2) is 0 Å². The molecular weight excluding hydrogens is 314 g/mol. The Morgan fingerprint density at radius 1 is 1.55 bits per heavy atom. The first-order valence-electron chi connectivity index (χ1n) is 5.38. The van der Waals surface area contributed by atoms with E-state index >= 15 is 0 Å². The van der Waals surface area contributed by atoms with E-state index in [9.17, 15) is 22.0 Å². The second-order valence-corrected chi connectivity index (χ2v) is 7.46. The first kappa shape index (κ1) is 14.9. The van der Waals surface area contributed by atoms with E-state index in [1.165, 1.54) is 0 Å². The average Bonchev–Trinajstić information content (AvgIpc) is 2.82. The topological polar surface area (TPSA) is 89.3 Å². The number of carbonyl (C=O) groups is 1. The Bertz CT molecular complexity index is 764. The minimum atomic E-state index is -3.27. The lowest BCUT2D eigenvalue weighted by atomic mass is 10.3. The van der Waals surface area contributed by atoms with E-state index in [-0.39, 0.29) is 27.4 Å². The van der Waals surface area contributed by atoms with Crippen molar-refractivity contribution in [1.82, 2.24) is 9.78 Å². The predicted octanol–water partition coefficient (Wildman–Crippen LogP) is 1.78. The molecule has 0 saturated heterocycles. The number of aromatic carboxylic acids is 1. The third-order valence-corrected chi connectivity index (χ3v) is 4.60. The summed E-state index contributed by atoms with van der Waals surface area (Å²) in [5, 5.41) is 12.6. The molecule has 0 aliphatic carbocycles. The van der Waals surface area contributed by atoms with Crippen LogP contribution in [-0.2, 0) is 16.4 Å². The standard InChI is InChI=1S/C10H10F2N2O4S2/c1-20(17,18)3-2-14-9-5(7(13-14)8(11)12)4-6(19-9)10(15)16/h4,8H,2-3H2,1H3,(H,15,16). The number of carboxylic acid groups (broad SMARTS) is 1. The molecule has 0 saturated carbocycles. The zero-order chi connectivity index (χ0) is 15.1. The molecule has 0 spiro atoms. The second-order valence-electron chi connectivity index (χ2n) is 4.17. The summed E-state index contributed by atoms with van der Waals surface area (Å²) in [5.74, 6) is -1.48. The van der Waals surface area contributed by atoms with Gasteiger partial charge in [-0.2, -0.15) is 5.10 Å². The number of hydrogen-bond donors (Lipinski definition) is 1. The molecule has 1 N–H and O–H groups in total. The molecule has 2 aromatic heterocycles. The zero-order valence-electron chi connectivity index (χ0n) is 10.2. The van der Waals surface area contributed by atoms with Gasteiger partial charge in [0.25, 0.3) is 6.43 Å². The fraction of sp³-hybridized carbons (Fsp3) is 0.400. The van der Waals surface area contributed by atoms with E-state index in [4.69, 9.17) is 5.11 Å². The van der Waals surface area contributed by atoms with Crippen LogP contribution in [0.1, 0.15) is 21.8 Å². The second kappa shape index (κ2) is 5.09. The summed E-state index contributed by atoms with van der Waals surface area (Å²) in [6, 6.07) is 1.13. The van der Waals surface area contributed by atoms with Gasteiger partial charge in [0, 0.05) is 11.6 Å². The Morgan fingerprint density at radius 3 is 2.70 bits per heavy atom. The van der Waals surface area contributed by atoms with E-state index in [1.807, 2.05) is 0 Å². The summed E-state index contributed by atoms with van der Waals surface area (Å²) < 4.78 is 49.1. The highest BCUT2D eigenvalue weighted by Gasteiger charge is 2.23. The van der Waals surface area contributed by atoms with E-state index < -0.39 is 27.9 Å². The third kappa shape index (κ3) is 2.96. The van der Waals surface area contributed by atoms with Crippen LogP contribution >= 0.6 is 11.3 Å². The van der Waals surface area contributed by atoms with Gasteiger partial charge >= 0.3 is 5.97 Å². The van der Waals surface area contributed by atoms with Crippen LogP contribution in [0.5, 0.6) is 0 Å². The number of hydrogen-bond acceptors (Lipinski definition) is 5. The largest absolute Gasteiger partial charge is 0.477 e. The molecule has 0 fully saturated rings. The van der Waals surface area contributed by atoms with E-state index in [0.29, 0.717) is 0 Å². The molecule has 0 aromatic carbocycles.